The molecule has 33 heavy (non-hydrogen) atoms. The highest BCUT2D eigenvalue weighted by atomic mass is 19.4. The van der Waals surface area contributed by atoms with Gasteiger partial charge in [0.25, 0.3) is 0 Å². The van der Waals surface area contributed by atoms with Gasteiger partial charge in [-0.05, 0) is 29.8 Å². The number of benzene rings is 1. The molecule has 3 heterocycles. The quantitative estimate of drug-likeness (QED) is 0.354. The first-order valence-electron chi connectivity index (χ1n) is 9.11. The van der Waals surface area contributed by atoms with Crippen LogP contribution in [0.15, 0.2) is 49.1 Å². The molecule has 13 heteroatoms. The summed E-state index contributed by atoms with van der Waals surface area (Å²) in [7, 11) is 0. The van der Waals surface area contributed by atoms with Crippen molar-refractivity contribution in [2.45, 2.75) is 6.18 Å². The van der Waals surface area contributed by atoms with E-state index in [1.165, 1.54) is 23.1 Å². The molecule has 0 atom stereocenters. The van der Waals surface area contributed by atoms with E-state index in [2.05, 4.69) is 15.1 Å². The van der Waals surface area contributed by atoms with Crippen molar-refractivity contribution in [1.82, 2.24) is 19.6 Å². The van der Waals surface area contributed by atoms with Crippen LogP contribution in [0.3, 0.4) is 0 Å². The van der Waals surface area contributed by atoms with E-state index in [0.29, 0.717) is 23.3 Å². The van der Waals surface area contributed by atoms with Gasteiger partial charge >= 0.3 is 12.2 Å². The summed E-state index contributed by atoms with van der Waals surface area (Å²) in [4.78, 5) is 31.7. The standard InChI is InChI=1S/C20H13F4N7O2/c21-13-5-10(16-11(8-32)7-30-17(16)18(25)28-9-29-30)1-2-14(13)31(19(26)33)15-6-12(3-4-27-15)20(22,23)24/h1-9H,(H2,26,33)(H2,25,28,29). The summed E-state index contributed by atoms with van der Waals surface area (Å²) in [6, 6.07) is 3.46. The van der Waals surface area contributed by atoms with Crippen molar-refractivity contribution in [1.29, 1.82) is 0 Å². The second-order valence-corrected chi connectivity index (χ2v) is 6.76. The SMILES string of the molecule is NC(=O)N(c1cc(C(F)(F)F)ccn1)c1ccc(-c2c(C=O)cn3ncnc(N)c23)cc1F. The normalized spacial score (nSPS) is 11.5. The molecule has 0 aliphatic heterocycles. The van der Waals surface area contributed by atoms with Gasteiger partial charge in [-0.15, -0.1) is 0 Å². The summed E-state index contributed by atoms with van der Waals surface area (Å²) >= 11 is 0. The van der Waals surface area contributed by atoms with Crippen LogP contribution >= 0.6 is 0 Å². The monoisotopic (exact) mass is 459 g/mol. The predicted octanol–water partition coefficient (Wildman–Crippen LogP) is 3.56. The number of rotatable bonds is 4. The number of anilines is 3. The third-order valence-electron chi connectivity index (χ3n) is 4.76. The highest BCUT2D eigenvalue weighted by Gasteiger charge is 2.32. The third-order valence-corrected chi connectivity index (χ3v) is 4.76. The Kier molecular flexibility index (Phi) is 5.16. The zero-order valence-electron chi connectivity index (χ0n) is 16.4. The predicted molar refractivity (Wildman–Crippen MR) is 109 cm³/mol. The lowest BCUT2D eigenvalue weighted by Gasteiger charge is -2.21. The Morgan fingerprint density at radius 1 is 1.15 bits per heavy atom. The van der Waals surface area contributed by atoms with Crippen molar-refractivity contribution in [3.05, 3.63) is 66.0 Å². The topological polar surface area (TPSA) is 132 Å². The van der Waals surface area contributed by atoms with Gasteiger partial charge in [-0.3, -0.25) is 4.79 Å². The minimum Gasteiger partial charge on any atom is -0.382 e. The molecule has 0 fully saturated rings. The number of nitrogens with two attached hydrogens (primary N) is 2. The Labute approximate surface area is 182 Å². The maximum absolute atomic E-state index is 15.2. The number of hydrogen-bond acceptors (Lipinski definition) is 6. The summed E-state index contributed by atoms with van der Waals surface area (Å²) in [5.74, 6) is -1.51. The lowest BCUT2D eigenvalue weighted by atomic mass is 10.0. The fourth-order valence-electron chi connectivity index (χ4n) is 3.36. The molecule has 3 aromatic heterocycles. The average molecular weight is 459 g/mol. The molecular formula is C20H13F4N7O2. The Bertz CT molecular complexity index is 1400. The number of nitrogens with zero attached hydrogens (tertiary/aromatic N) is 5. The van der Waals surface area contributed by atoms with Gasteiger partial charge < -0.3 is 11.5 Å². The van der Waals surface area contributed by atoms with Crippen LogP contribution in [0.4, 0.5) is 39.7 Å². The van der Waals surface area contributed by atoms with E-state index in [0.717, 1.165) is 18.3 Å². The largest absolute Gasteiger partial charge is 0.416 e. The van der Waals surface area contributed by atoms with E-state index in [9.17, 15) is 22.8 Å². The van der Waals surface area contributed by atoms with Crippen LogP contribution in [0.5, 0.6) is 0 Å². The number of aldehydes is 1. The Balaban J connectivity index is 1.85. The van der Waals surface area contributed by atoms with Crippen LogP contribution in [0, 0.1) is 5.82 Å². The Morgan fingerprint density at radius 2 is 1.91 bits per heavy atom. The van der Waals surface area contributed by atoms with E-state index in [4.69, 9.17) is 11.5 Å². The number of carbonyl (C=O) groups is 2. The lowest BCUT2D eigenvalue weighted by Crippen LogP contribution is -2.33. The molecular weight excluding hydrogens is 446 g/mol. The fraction of sp³-hybridized carbons (Fsp3) is 0.0500. The van der Waals surface area contributed by atoms with E-state index >= 15 is 4.39 Å². The first-order valence-corrected chi connectivity index (χ1v) is 9.11. The van der Waals surface area contributed by atoms with Crippen molar-refractivity contribution < 1.29 is 27.2 Å². The number of pyridine rings is 1. The molecule has 2 amide bonds. The van der Waals surface area contributed by atoms with Crippen LogP contribution in [-0.2, 0) is 6.18 Å². The average Bonchev–Trinajstić information content (AvgIpc) is 3.14. The zero-order chi connectivity index (χ0) is 23.9. The Morgan fingerprint density at radius 3 is 2.55 bits per heavy atom. The molecule has 4 aromatic rings. The lowest BCUT2D eigenvalue weighted by molar-refractivity contribution is -0.137. The number of nitrogen functional groups attached to an aromatic ring is 1. The minimum absolute atomic E-state index is 0.0320. The van der Waals surface area contributed by atoms with Gasteiger partial charge in [-0.25, -0.2) is 28.6 Å². The molecule has 9 nitrogen and oxygen atoms in total. The summed E-state index contributed by atoms with van der Waals surface area (Å²) in [5.41, 5.74) is 10.5. The van der Waals surface area contributed by atoms with Gasteiger partial charge in [0.1, 0.15) is 23.5 Å². The maximum atomic E-state index is 15.2. The molecule has 0 saturated carbocycles. The van der Waals surface area contributed by atoms with Crippen LogP contribution in [0.2, 0.25) is 0 Å². The number of amides is 2. The number of halogens is 4. The van der Waals surface area contributed by atoms with Gasteiger partial charge in [0.2, 0.25) is 0 Å². The van der Waals surface area contributed by atoms with Gasteiger partial charge in [-0.2, -0.15) is 18.3 Å². The summed E-state index contributed by atoms with van der Waals surface area (Å²) < 4.78 is 55.7. The molecule has 0 unspecified atom stereocenters. The number of fused-ring (bicyclic) bond motifs is 1. The number of urea groups is 1. The zero-order valence-corrected chi connectivity index (χ0v) is 16.4. The summed E-state index contributed by atoms with van der Waals surface area (Å²) in [6.45, 7) is 0. The molecule has 1 aromatic carbocycles. The third kappa shape index (κ3) is 3.79. The van der Waals surface area contributed by atoms with Crippen LogP contribution in [0.25, 0.3) is 16.6 Å². The van der Waals surface area contributed by atoms with Crippen molar-refractivity contribution in [3.63, 3.8) is 0 Å². The first-order chi connectivity index (χ1) is 15.6. The molecule has 0 bridgehead atoms. The van der Waals surface area contributed by atoms with Gasteiger partial charge in [-0.1, -0.05) is 6.07 Å². The van der Waals surface area contributed by atoms with E-state index in [1.54, 1.807) is 0 Å². The minimum atomic E-state index is -4.72. The summed E-state index contributed by atoms with van der Waals surface area (Å²) in [6.07, 6.45) is -0.807. The number of aromatic nitrogens is 4. The molecule has 0 spiro atoms. The maximum Gasteiger partial charge on any atom is 0.416 e. The van der Waals surface area contributed by atoms with Gasteiger partial charge in [0.05, 0.1) is 11.3 Å². The van der Waals surface area contributed by atoms with Crippen LogP contribution in [0.1, 0.15) is 15.9 Å². The fourth-order valence-corrected chi connectivity index (χ4v) is 3.36. The van der Waals surface area contributed by atoms with Crippen LogP contribution < -0.4 is 16.4 Å². The van der Waals surface area contributed by atoms with Gasteiger partial charge in [0, 0.05) is 23.5 Å². The van der Waals surface area contributed by atoms with Crippen molar-refractivity contribution in [3.8, 4) is 11.1 Å². The molecule has 4 N–H and O–H groups in total. The molecule has 0 aliphatic rings. The molecule has 4 rings (SSSR count). The van der Waals surface area contributed by atoms with Crippen molar-refractivity contribution in [2.24, 2.45) is 5.73 Å². The number of carbonyl (C=O) groups excluding carboxylic acids is 2. The highest BCUT2D eigenvalue weighted by molar-refractivity contribution is 6.01. The first kappa shape index (κ1) is 21.7. The molecule has 0 radical (unpaired) electrons. The van der Waals surface area contributed by atoms with Crippen LogP contribution in [-0.4, -0.2) is 31.9 Å². The number of hydrogen-bond donors (Lipinski definition) is 2. The second kappa shape index (κ2) is 7.85. The second-order valence-electron chi connectivity index (χ2n) is 6.76. The van der Waals surface area contributed by atoms with E-state index in [-0.39, 0.29) is 28.0 Å². The summed E-state index contributed by atoms with van der Waals surface area (Å²) in [5, 5.41) is 3.96. The molecule has 168 valence electrons. The van der Waals surface area contributed by atoms with Crippen molar-refractivity contribution >= 4 is 35.2 Å². The smallest absolute Gasteiger partial charge is 0.382 e. The number of alkyl halides is 3. The van der Waals surface area contributed by atoms with Gasteiger partial charge in [0.15, 0.2) is 12.1 Å². The molecule has 0 aliphatic carbocycles. The highest BCUT2D eigenvalue weighted by Crippen LogP contribution is 2.36. The Hall–Kier alpha value is -4.55. The van der Waals surface area contributed by atoms with E-state index < -0.39 is 35.1 Å². The number of primary amides is 1. The van der Waals surface area contributed by atoms with Crippen molar-refractivity contribution in [2.75, 3.05) is 10.6 Å². The molecule has 0 saturated heterocycles. The van der Waals surface area contributed by atoms with E-state index in [1.807, 2.05) is 0 Å².